The minimum Gasteiger partial charge on any atom is -0.491 e. The molecule has 0 bridgehead atoms. The highest BCUT2D eigenvalue weighted by molar-refractivity contribution is 5.79. The van der Waals surface area contributed by atoms with Gasteiger partial charge in [-0.15, -0.1) is 0 Å². The first-order valence-electron chi connectivity index (χ1n) is 8.92. The lowest BCUT2D eigenvalue weighted by Gasteiger charge is -2.10. The van der Waals surface area contributed by atoms with E-state index < -0.39 is 0 Å². The monoisotopic (exact) mass is 362 g/mol. The molecule has 0 saturated carbocycles. The van der Waals surface area contributed by atoms with Crippen LogP contribution in [0.1, 0.15) is 50.6 Å². The highest BCUT2D eigenvalue weighted by atomic mass is 19.1. The Kier molecular flexibility index (Phi) is 7.44. The van der Waals surface area contributed by atoms with Crippen LogP contribution in [0.4, 0.5) is 4.39 Å². The maximum Gasteiger partial charge on any atom is 0.191 e. The third-order valence-electron chi connectivity index (χ3n) is 3.66. The fraction of sp³-hybridized carbons (Fsp3) is 0.474. The molecule has 26 heavy (non-hydrogen) atoms. The summed E-state index contributed by atoms with van der Waals surface area (Å²) in [5.41, 5.74) is 1.69. The Hall–Kier alpha value is -2.57. The van der Waals surface area contributed by atoms with E-state index in [1.54, 1.807) is 6.07 Å². The van der Waals surface area contributed by atoms with Crippen molar-refractivity contribution in [2.24, 2.45) is 4.99 Å². The average molecular weight is 362 g/mol. The maximum absolute atomic E-state index is 13.9. The molecule has 7 heteroatoms. The van der Waals surface area contributed by atoms with E-state index in [9.17, 15) is 4.39 Å². The zero-order chi connectivity index (χ0) is 18.9. The molecule has 0 radical (unpaired) electrons. The molecule has 2 rings (SSSR count). The largest absolute Gasteiger partial charge is 0.491 e. The number of nitrogens with one attached hydrogen (secondary N) is 2. The molecule has 0 aliphatic carbocycles. The highest BCUT2D eigenvalue weighted by Gasteiger charge is 2.08. The van der Waals surface area contributed by atoms with Gasteiger partial charge in [0, 0.05) is 12.6 Å². The van der Waals surface area contributed by atoms with E-state index in [-0.39, 0.29) is 11.6 Å². The SMILES string of the molecule is CCNC(=NCc1ccc(OCC)c(F)c1)NCc1cc(C(C)C)no1. The summed E-state index contributed by atoms with van der Waals surface area (Å²) in [5, 5.41) is 10.4. The Labute approximate surface area is 153 Å². The van der Waals surface area contributed by atoms with Crippen molar-refractivity contribution in [3.8, 4) is 5.75 Å². The van der Waals surface area contributed by atoms with E-state index in [2.05, 4.69) is 34.6 Å². The van der Waals surface area contributed by atoms with Crippen LogP contribution in [0, 0.1) is 5.82 Å². The standard InChI is InChI=1S/C19H27FN4O2/c1-5-21-19(23-12-15-10-17(13(3)4)24-26-15)22-11-14-7-8-18(25-6-2)16(20)9-14/h7-10,13H,5-6,11-12H2,1-4H3,(H2,21,22,23). The summed E-state index contributed by atoms with van der Waals surface area (Å²) in [4.78, 5) is 4.48. The number of hydrogen-bond donors (Lipinski definition) is 2. The molecule has 0 unspecified atom stereocenters. The molecule has 142 valence electrons. The first-order valence-corrected chi connectivity index (χ1v) is 8.92. The molecular weight excluding hydrogens is 335 g/mol. The molecule has 1 aromatic heterocycles. The number of rotatable bonds is 8. The van der Waals surface area contributed by atoms with Crippen LogP contribution in [-0.4, -0.2) is 24.3 Å². The second kappa shape index (κ2) is 9.79. The van der Waals surface area contributed by atoms with E-state index in [4.69, 9.17) is 9.26 Å². The molecule has 0 saturated heterocycles. The lowest BCUT2D eigenvalue weighted by molar-refractivity contribution is 0.321. The zero-order valence-electron chi connectivity index (χ0n) is 15.8. The number of ether oxygens (including phenoxy) is 1. The number of guanidine groups is 1. The van der Waals surface area contributed by atoms with Crippen molar-refractivity contribution < 1.29 is 13.7 Å². The zero-order valence-corrected chi connectivity index (χ0v) is 15.8. The summed E-state index contributed by atoms with van der Waals surface area (Å²) >= 11 is 0. The lowest BCUT2D eigenvalue weighted by Crippen LogP contribution is -2.36. The van der Waals surface area contributed by atoms with Gasteiger partial charge < -0.3 is 19.9 Å². The molecule has 0 fully saturated rings. The van der Waals surface area contributed by atoms with Gasteiger partial charge in [-0.3, -0.25) is 0 Å². The van der Waals surface area contributed by atoms with Gasteiger partial charge in [0.1, 0.15) is 0 Å². The smallest absolute Gasteiger partial charge is 0.191 e. The van der Waals surface area contributed by atoms with Crippen LogP contribution in [-0.2, 0) is 13.1 Å². The van der Waals surface area contributed by atoms with Crippen molar-refractivity contribution in [3.05, 3.63) is 47.1 Å². The van der Waals surface area contributed by atoms with Crippen LogP contribution in [0.2, 0.25) is 0 Å². The first-order chi connectivity index (χ1) is 12.5. The van der Waals surface area contributed by atoms with Crippen molar-refractivity contribution in [3.63, 3.8) is 0 Å². The van der Waals surface area contributed by atoms with Crippen molar-refractivity contribution >= 4 is 5.96 Å². The molecule has 0 aliphatic heterocycles. The Morgan fingerprint density at radius 2 is 2.08 bits per heavy atom. The van der Waals surface area contributed by atoms with Crippen molar-refractivity contribution in [1.29, 1.82) is 0 Å². The number of benzene rings is 1. The van der Waals surface area contributed by atoms with E-state index in [0.717, 1.165) is 23.6 Å². The molecule has 2 aromatic rings. The third kappa shape index (κ3) is 5.75. The fourth-order valence-electron chi connectivity index (χ4n) is 2.28. The number of nitrogens with zero attached hydrogens (tertiary/aromatic N) is 2. The van der Waals surface area contributed by atoms with Gasteiger partial charge in [0.2, 0.25) is 0 Å². The molecule has 0 amide bonds. The summed E-state index contributed by atoms with van der Waals surface area (Å²) in [5.74, 6) is 1.58. The predicted molar refractivity (Wildman–Crippen MR) is 99.8 cm³/mol. The highest BCUT2D eigenvalue weighted by Crippen LogP contribution is 2.18. The number of halogens is 1. The summed E-state index contributed by atoms with van der Waals surface area (Å²) < 4.78 is 24.4. The minimum absolute atomic E-state index is 0.261. The van der Waals surface area contributed by atoms with E-state index in [1.807, 2.05) is 26.0 Å². The van der Waals surface area contributed by atoms with Crippen molar-refractivity contribution in [2.75, 3.05) is 13.2 Å². The van der Waals surface area contributed by atoms with Crippen molar-refractivity contribution in [1.82, 2.24) is 15.8 Å². The van der Waals surface area contributed by atoms with Crippen molar-refractivity contribution in [2.45, 2.75) is 46.7 Å². The molecule has 6 nitrogen and oxygen atoms in total. The Morgan fingerprint density at radius 1 is 1.27 bits per heavy atom. The molecule has 1 heterocycles. The first kappa shape index (κ1) is 19.8. The van der Waals surface area contributed by atoms with Crippen LogP contribution in [0.15, 0.2) is 33.8 Å². The van der Waals surface area contributed by atoms with Crippen LogP contribution in [0.25, 0.3) is 0 Å². The quantitative estimate of drug-likeness (QED) is 0.555. The number of aliphatic imine (C=N–C) groups is 1. The summed E-state index contributed by atoms with van der Waals surface area (Å²) in [7, 11) is 0. The van der Waals surface area contributed by atoms with Gasteiger partial charge in [-0.05, 0) is 37.5 Å². The van der Waals surface area contributed by atoms with Crippen LogP contribution >= 0.6 is 0 Å². The van der Waals surface area contributed by atoms with Crippen LogP contribution in [0.3, 0.4) is 0 Å². The van der Waals surface area contributed by atoms with Gasteiger partial charge in [-0.1, -0.05) is 25.1 Å². The second-order valence-electron chi connectivity index (χ2n) is 6.12. The number of aromatic nitrogens is 1. The summed E-state index contributed by atoms with van der Waals surface area (Å²) in [6, 6.07) is 6.82. The van der Waals surface area contributed by atoms with Gasteiger partial charge >= 0.3 is 0 Å². The van der Waals surface area contributed by atoms with E-state index in [1.165, 1.54) is 6.07 Å². The predicted octanol–water partition coefficient (Wildman–Crippen LogP) is 3.59. The molecule has 0 aliphatic rings. The van der Waals surface area contributed by atoms with Gasteiger partial charge in [0.25, 0.3) is 0 Å². The number of hydrogen-bond acceptors (Lipinski definition) is 4. The molecule has 0 spiro atoms. The Balaban J connectivity index is 1.98. The molecule has 2 N–H and O–H groups in total. The minimum atomic E-state index is -0.375. The van der Waals surface area contributed by atoms with Crippen LogP contribution < -0.4 is 15.4 Å². The fourth-order valence-corrected chi connectivity index (χ4v) is 2.28. The normalized spacial score (nSPS) is 11.7. The van der Waals surface area contributed by atoms with Crippen LogP contribution in [0.5, 0.6) is 5.75 Å². The van der Waals surface area contributed by atoms with E-state index >= 15 is 0 Å². The van der Waals surface area contributed by atoms with E-state index in [0.29, 0.717) is 31.6 Å². The summed E-state index contributed by atoms with van der Waals surface area (Å²) in [6.07, 6.45) is 0. The van der Waals surface area contributed by atoms with Gasteiger partial charge in [0.05, 0.1) is 25.4 Å². The molecular formula is C19H27FN4O2. The third-order valence-corrected chi connectivity index (χ3v) is 3.66. The second-order valence-corrected chi connectivity index (χ2v) is 6.12. The van der Waals surface area contributed by atoms with Gasteiger partial charge in [0.15, 0.2) is 23.3 Å². The lowest BCUT2D eigenvalue weighted by atomic mass is 10.1. The Morgan fingerprint density at radius 3 is 2.69 bits per heavy atom. The molecule has 0 atom stereocenters. The van der Waals surface area contributed by atoms with Gasteiger partial charge in [-0.2, -0.15) is 0 Å². The topological polar surface area (TPSA) is 71.7 Å². The average Bonchev–Trinajstić information content (AvgIpc) is 3.09. The maximum atomic E-state index is 13.9. The molecule has 1 aromatic carbocycles. The summed E-state index contributed by atoms with van der Waals surface area (Å²) in [6.45, 7) is 9.92. The van der Waals surface area contributed by atoms with Gasteiger partial charge in [-0.25, -0.2) is 9.38 Å². The Bertz CT molecular complexity index is 728.